The van der Waals surface area contributed by atoms with Crippen molar-refractivity contribution in [2.24, 2.45) is 0 Å². The molecule has 3 rings (SSSR count). The number of carbonyl (C=O) groups is 1. The van der Waals surface area contributed by atoms with Crippen molar-refractivity contribution in [1.82, 2.24) is 4.98 Å². The standard InChI is InChI=1S/C16H13ClN2OS2/c1-10-3-2-4-11(7-10)18-15(20)8-16-19-12(9-21-16)13-5-6-14(17)22-13/h2-7,9H,8H2,1H3,(H,18,20). The van der Waals surface area contributed by atoms with E-state index in [4.69, 9.17) is 11.6 Å². The molecule has 1 N–H and O–H groups in total. The number of aromatic nitrogens is 1. The van der Waals surface area contributed by atoms with Gasteiger partial charge < -0.3 is 5.32 Å². The molecule has 0 saturated carbocycles. The Labute approximate surface area is 141 Å². The summed E-state index contributed by atoms with van der Waals surface area (Å²) in [5, 5.41) is 5.65. The molecule has 0 aliphatic carbocycles. The van der Waals surface area contributed by atoms with Crippen LogP contribution in [0.5, 0.6) is 0 Å². The zero-order valence-corrected chi connectivity index (χ0v) is 14.2. The molecule has 0 saturated heterocycles. The van der Waals surface area contributed by atoms with Gasteiger partial charge in [-0.05, 0) is 36.8 Å². The highest BCUT2D eigenvalue weighted by atomic mass is 35.5. The molecule has 2 heterocycles. The fourth-order valence-corrected chi connectivity index (χ4v) is 3.89. The number of carbonyl (C=O) groups excluding carboxylic acids is 1. The number of aryl methyl sites for hydroxylation is 1. The number of halogens is 1. The first kappa shape index (κ1) is 15.2. The van der Waals surface area contributed by atoms with Gasteiger partial charge in [0.05, 0.1) is 21.3 Å². The molecular weight excluding hydrogens is 336 g/mol. The molecule has 112 valence electrons. The lowest BCUT2D eigenvalue weighted by Crippen LogP contribution is -2.14. The summed E-state index contributed by atoms with van der Waals surface area (Å²) in [4.78, 5) is 17.6. The summed E-state index contributed by atoms with van der Waals surface area (Å²) in [5.41, 5.74) is 2.80. The van der Waals surface area contributed by atoms with Gasteiger partial charge in [0.25, 0.3) is 0 Å². The molecule has 0 aliphatic rings. The van der Waals surface area contributed by atoms with Crippen LogP contribution >= 0.6 is 34.3 Å². The van der Waals surface area contributed by atoms with Crippen molar-refractivity contribution in [3.63, 3.8) is 0 Å². The third-order valence-corrected chi connectivity index (χ3v) is 5.09. The quantitative estimate of drug-likeness (QED) is 0.719. The minimum Gasteiger partial charge on any atom is -0.326 e. The molecule has 0 radical (unpaired) electrons. The third kappa shape index (κ3) is 3.74. The average Bonchev–Trinajstić information content (AvgIpc) is 3.07. The van der Waals surface area contributed by atoms with E-state index in [1.807, 2.05) is 48.7 Å². The first-order valence-electron chi connectivity index (χ1n) is 6.67. The molecule has 3 aromatic rings. The summed E-state index contributed by atoms with van der Waals surface area (Å²) in [6.07, 6.45) is 0.276. The molecule has 22 heavy (non-hydrogen) atoms. The summed E-state index contributed by atoms with van der Waals surface area (Å²) in [5.74, 6) is -0.0595. The number of nitrogens with one attached hydrogen (secondary N) is 1. The van der Waals surface area contributed by atoms with Crippen LogP contribution in [0.2, 0.25) is 4.34 Å². The molecule has 0 fully saturated rings. The monoisotopic (exact) mass is 348 g/mol. The Morgan fingerprint density at radius 2 is 2.18 bits per heavy atom. The summed E-state index contributed by atoms with van der Waals surface area (Å²) in [7, 11) is 0. The molecule has 0 spiro atoms. The molecule has 0 bridgehead atoms. The van der Waals surface area contributed by atoms with Gasteiger partial charge in [-0.2, -0.15) is 0 Å². The van der Waals surface area contributed by atoms with E-state index < -0.39 is 0 Å². The number of thiophene rings is 1. The van der Waals surface area contributed by atoms with E-state index in [1.165, 1.54) is 22.7 Å². The van der Waals surface area contributed by atoms with Crippen LogP contribution in [0.1, 0.15) is 10.6 Å². The predicted octanol–water partition coefficient (Wildman–Crippen LogP) is 5.01. The van der Waals surface area contributed by atoms with Crippen LogP contribution in [-0.4, -0.2) is 10.9 Å². The minimum atomic E-state index is -0.0595. The van der Waals surface area contributed by atoms with Crippen LogP contribution in [-0.2, 0) is 11.2 Å². The number of rotatable bonds is 4. The number of amides is 1. The van der Waals surface area contributed by atoms with Gasteiger partial charge in [0.15, 0.2) is 0 Å². The van der Waals surface area contributed by atoms with E-state index in [9.17, 15) is 4.79 Å². The van der Waals surface area contributed by atoms with Crippen molar-refractivity contribution >= 4 is 45.9 Å². The molecule has 1 amide bonds. The fraction of sp³-hybridized carbons (Fsp3) is 0.125. The molecule has 0 unspecified atom stereocenters. The zero-order chi connectivity index (χ0) is 15.5. The second kappa shape index (κ2) is 6.60. The van der Waals surface area contributed by atoms with Gasteiger partial charge in [-0.3, -0.25) is 4.79 Å². The second-order valence-corrected chi connectivity index (χ2v) is 7.48. The number of benzene rings is 1. The molecule has 0 aliphatic heterocycles. The Morgan fingerprint density at radius 1 is 1.32 bits per heavy atom. The molecule has 0 atom stereocenters. The maximum atomic E-state index is 12.1. The van der Waals surface area contributed by atoms with Crippen molar-refractivity contribution in [3.05, 3.63) is 56.7 Å². The highest BCUT2D eigenvalue weighted by Crippen LogP contribution is 2.31. The van der Waals surface area contributed by atoms with Crippen LogP contribution in [0.25, 0.3) is 10.6 Å². The number of nitrogens with zero attached hydrogens (tertiary/aromatic N) is 1. The predicted molar refractivity (Wildman–Crippen MR) is 93.9 cm³/mol. The zero-order valence-electron chi connectivity index (χ0n) is 11.8. The van der Waals surface area contributed by atoms with Gasteiger partial charge in [0.1, 0.15) is 5.01 Å². The molecule has 2 aromatic heterocycles. The number of hydrogen-bond donors (Lipinski definition) is 1. The van der Waals surface area contributed by atoms with E-state index in [0.29, 0.717) is 0 Å². The van der Waals surface area contributed by atoms with Gasteiger partial charge in [-0.15, -0.1) is 22.7 Å². The largest absolute Gasteiger partial charge is 0.326 e. The van der Waals surface area contributed by atoms with E-state index in [-0.39, 0.29) is 12.3 Å². The summed E-state index contributed by atoms with van der Waals surface area (Å²) in [6.45, 7) is 1.99. The highest BCUT2D eigenvalue weighted by molar-refractivity contribution is 7.19. The Bertz CT molecular complexity index is 810. The minimum absolute atomic E-state index is 0.0595. The van der Waals surface area contributed by atoms with Gasteiger partial charge in [0, 0.05) is 11.1 Å². The molecular formula is C16H13ClN2OS2. The summed E-state index contributed by atoms with van der Waals surface area (Å²) >= 11 is 8.91. The Hall–Kier alpha value is -1.69. The van der Waals surface area contributed by atoms with E-state index in [0.717, 1.165) is 31.2 Å². The van der Waals surface area contributed by atoms with E-state index in [1.54, 1.807) is 0 Å². The Balaban J connectivity index is 1.66. The third-order valence-electron chi connectivity index (χ3n) is 2.99. The SMILES string of the molecule is Cc1cccc(NC(=O)Cc2nc(-c3ccc(Cl)s3)cs2)c1. The van der Waals surface area contributed by atoms with Crippen molar-refractivity contribution in [2.45, 2.75) is 13.3 Å². The maximum Gasteiger partial charge on any atom is 0.231 e. The number of anilines is 1. The normalized spacial score (nSPS) is 10.6. The van der Waals surface area contributed by atoms with Crippen LogP contribution in [0, 0.1) is 6.92 Å². The van der Waals surface area contributed by atoms with Crippen molar-refractivity contribution in [2.75, 3.05) is 5.32 Å². The average molecular weight is 349 g/mol. The lowest BCUT2D eigenvalue weighted by molar-refractivity contribution is -0.115. The number of hydrogen-bond acceptors (Lipinski definition) is 4. The summed E-state index contributed by atoms with van der Waals surface area (Å²) in [6, 6.07) is 11.5. The van der Waals surface area contributed by atoms with Gasteiger partial charge in [-0.1, -0.05) is 23.7 Å². The lowest BCUT2D eigenvalue weighted by Gasteiger charge is -2.04. The Kier molecular flexibility index (Phi) is 4.57. The van der Waals surface area contributed by atoms with Crippen molar-refractivity contribution < 1.29 is 4.79 Å². The molecule has 3 nitrogen and oxygen atoms in total. The maximum absolute atomic E-state index is 12.1. The fourth-order valence-electron chi connectivity index (χ4n) is 2.02. The van der Waals surface area contributed by atoms with Crippen LogP contribution in [0.15, 0.2) is 41.8 Å². The smallest absolute Gasteiger partial charge is 0.231 e. The molecule has 6 heteroatoms. The number of thiazole rings is 1. The Morgan fingerprint density at radius 3 is 2.91 bits per heavy atom. The second-order valence-electron chi connectivity index (χ2n) is 4.82. The highest BCUT2D eigenvalue weighted by Gasteiger charge is 2.11. The first-order chi connectivity index (χ1) is 10.6. The van der Waals surface area contributed by atoms with Crippen LogP contribution < -0.4 is 5.32 Å². The summed E-state index contributed by atoms with van der Waals surface area (Å²) < 4.78 is 0.738. The lowest BCUT2D eigenvalue weighted by atomic mass is 10.2. The van der Waals surface area contributed by atoms with Crippen molar-refractivity contribution in [3.8, 4) is 10.6 Å². The topological polar surface area (TPSA) is 42.0 Å². The van der Waals surface area contributed by atoms with E-state index in [2.05, 4.69) is 10.3 Å². The van der Waals surface area contributed by atoms with Crippen LogP contribution in [0.4, 0.5) is 5.69 Å². The van der Waals surface area contributed by atoms with Crippen LogP contribution in [0.3, 0.4) is 0 Å². The van der Waals surface area contributed by atoms with Crippen molar-refractivity contribution in [1.29, 1.82) is 0 Å². The van der Waals surface area contributed by atoms with Gasteiger partial charge >= 0.3 is 0 Å². The van der Waals surface area contributed by atoms with Gasteiger partial charge in [0.2, 0.25) is 5.91 Å². The van der Waals surface area contributed by atoms with E-state index >= 15 is 0 Å². The van der Waals surface area contributed by atoms with Gasteiger partial charge in [-0.25, -0.2) is 4.98 Å². The first-order valence-corrected chi connectivity index (χ1v) is 8.74. The molecule has 1 aromatic carbocycles.